The standard InChI is InChI=1S/C20H18Cl2N2O4/c1-3-8-24-16(14-6-4-5-7-23-14)15(18(26)20(24)27)17(25)12-9-11(21)10-13(22)19(12)28-2/h4-7,9-10,16,25H,3,8H2,1-2H3/b17-15+. The first-order valence-electron chi connectivity index (χ1n) is 8.63. The van der Waals surface area contributed by atoms with E-state index in [0.29, 0.717) is 18.7 Å². The molecule has 1 aromatic carbocycles. The van der Waals surface area contributed by atoms with Crippen LogP contribution in [0.5, 0.6) is 5.75 Å². The summed E-state index contributed by atoms with van der Waals surface area (Å²) in [6.45, 7) is 2.24. The predicted molar refractivity (Wildman–Crippen MR) is 107 cm³/mol. The number of methoxy groups -OCH3 is 1. The number of aromatic nitrogens is 1. The summed E-state index contributed by atoms with van der Waals surface area (Å²) in [5.41, 5.74) is 0.535. The van der Waals surface area contributed by atoms with Gasteiger partial charge in [-0.25, -0.2) is 0 Å². The lowest BCUT2D eigenvalue weighted by atomic mass is 9.98. The molecule has 1 atom stereocenters. The Morgan fingerprint density at radius 3 is 2.64 bits per heavy atom. The van der Waals surface area contributed by atoms with Gasteiger partial charge >= 0.3 is 0 Å². The number of carbonyl (C=O) groups excluding carboxylic acids is 2. The van der Waals surface area contributed by atoms with Crippen molar-refractivity contribution in [1.82, 2.24) is 9.88 Å². The molecule has 28 heavy (non-hydrogen) atoms. The largest absolute Gasteiger partial charge is 0.507 e. The van der Waals surface area contributed by atoms with E-state index in [-0.39, 0.29) is 26.9 Å². The smallest absolute Gasteiger partial charge is 0.295 e. The van der Waals surface area contributed by atoms with Crippen molar-refractivity contribution in [3.05, 3.63) is 63.4 Å². The minimum atomic E-state index is -0.816. The fourth-order valence-electron chi connectivity index (χ4n) is 3.29. The van der Waals surface area contributed by atoms with Crippen LogP contribution in [-0.2, 0) is 9.59 Å². The second-order valence-electron chi connectivity index (χ2n) is 6.22. The molecule has 1 aliphatic heterocycles. The van der Waals surface area contributed by atoms with E-state index in [9.17, 15) is 14.7 Å². The molecule has 1 unspecified atom stereocenters. The molecule has 0 radical (unpaired) electrons. The zero-order chi connectivity index (χ0) is 20.4. The number of hydrogen-bond donors (Lipinski definition) is 1. The van der Waals surface area contributed by atoms with Crippen molar-refractivity contribution in [3.63, 3.8) is 0 Å². The summed E-state index contributed by atoms with van der Waals surface area (Å²) in [5.74, 6) is -1.73. The van der Waals surface area contributed by atoms with Gasteiger partial charge in [-0.15, -0.1) is 0 Å². The van der Waals surface area contributed by atoms with Gasteiger partial charge in [-0.05, 0) is 30.7 Å². The SMILES string of the molecule is CCCN1C(=O)C(=O)/C(=C(/O)c2cc(Cl)cc(Cl)c2OC)C1c1ccccn1. The Balaban J connectivity index is 2.27. The van der Waals surface area contributed by atoms with Crippen LogP contribution >= 0.6 is 23.2 Å². The van der Waals surface area contributed by atoms with E-state index < -0.39 is 23.5 Å². The zero-order valence-electron chi connectivity index (χ0n) is 15.3. The number of benzene rings is 1. The van der Waals surface area contributed by atoms with Crippen LogP contribution in [0.2, 0.25) is 10.0 Å². The van der Waals surface area contributed by atoms with E-state index in [2.05, 4.69) is 4.98 Å². The number of hydrogen-bond acceptors (Lipinski definition) is 5. The van der Waals surface area contributed by atoms with E-state index in [0.717, 1.165) is 0 Å². The van der Waals surface area contributed by atoms with Crippen LogP contribution < -0.4 is 4.74 Å². The molecule has 2 heterocycles. The van der Waals surface area contributed by atoms with E-state index in [1.807, 2.05) is 6.92 Å². The zero-order valence-corrected chi connectivity index (χ0v) is 16.8. The van der Waals surface area contributed by atoms with Gasteiger partial charge in [0, 0.05) is 17.8 Å². The molecule has 1 fully saturated rings. The normalized spacial score (nSPS) is 18.6. The van der Waals surface area contributed by atoms with E-state index >= 15 is 0 Å². The number of halogens is 2. The Morgan fingerprint density at radius 2 is 2.04 bits per heavy atom. The van der Waals surface area contributed by atoms with Crippen LogP contribution in [-0.4, -0.2) is 40.3 Å². The van der Waals surface area contributed by atoms with Crippen molar-refractivity contribution < 1.29 is 19.4 Å². The minimum absolute atomic E-state index is 0.0752. The summed E-state index contributed by atoms with van der Waals surface area (Å²) >= 11 is 12.2. The third-order valence-electron chi connectivity index (χ3n) is 4.44. The molecule has 146 valence electrons. The quantitative estimate of drug-likeness (QED) is 0.444. The van der Waals surface area contributed by atoms with Gasteiger partial charge < -0.3 is 14.7 Å². The van der Waals surface area contributed by atoms with Crippen molar-refractivity contribution in [2.75, 3.05) is 13.7 Å². The molecular formula is C20H18Cl2N2O4. The number of Topliss-reactive ketones (excluding diaryl/α,β-unsaturated/α-hetero) is 1. The van der Waals surface area contributed by atoms with Gasteiger partial charge in [0.15, 0.2) is 0 Å². The summed E-state index contributed by atoms with van der Waals surface area (Å²) in [7, 11) is 1.39. The number of nitrogens with zero attached hydrogens (tertiary/aromatic N) is 2. The number of likely N-dealkylation sites (tertiary alicyclic amines) is 1. The molecule has 6 nitrogen and oxygen atoms in total. The summed E-state index contributed by atoms with van der Waals surface area (Å²) in [6, 6.07) is 7.27. The second kappa shape index (κ2) is 8.20. The number of carbonyl (C=O) groups is 2. The van der Waals surface area contributed by atoms with Gasteiger partial charge in [0.1, 0.15) is 17.6 Å². The Labute approximate surface area is 172 Å². The van der Waals surface area contributed by atoms with Crippen LogP contribution in [0.1, 0.15) is 30.6 Å². The number of ether oxygens (including phenoxy) is 1. The van der Waals surface area contributed by atoms with Crippen molar-refractivity contribution in [3.8, 4) is 5.75 Å². The Kier molecular flexibility index (Phi) is 5.91. The first-order chi connectivity index (χ1) is 13.4. The fourth-order valence-corrected chi connectivity index (χ4v) is 3.86. The first kappa shape index (κ1) is 20.2. The lowest BCUT2D eigenvalue weighted by Crippen LogP contribution is -2.30. The maximum absolute atomic E-state index is 12.8. The maximum Gasteiger partial charge on any atom is 0.295 e. The highest BCUT2D eigenvalue weighted by atomic mass is 35.5. The molecule has 3 rings (SSSR count). The average molecular weight is 421 g/mol. The number of aliphatic hydroxyl groups excluding tert-OH is 1. The summed E-state index contributed by atoms with van der Waals surface area (Å²) in [5, 5.41) is 11.5. The first-order valence-corrected chi connectivity index (χ1v) is 9.39. The molecule has 1 saturated heterocycles. The molecule has 1 aromatic heterocycles. The second-order valence-corrected chi connectivity index (χ2v) is 7.06. The molecule has 0 saturated carbocycles. The van der Waals surface area contributed by atoms with Crippen LogP contribution in [0, 0.1) is 0 Å². The van der Waals surface area contributed by atoms with Crippen LogP contribution in [0.25, 0.3) is 5.76 Å². The number of rotatable bonds is 5. The lowest BCUT2D eigenvalue weighted by molar-refractivity contribution is -0.139. The van der Waals surface area contributed by atoms with Crippen molar-refractivity contribution >= 4 is 40.7 Å². The van der Waals surface area contributed by atoms with Crippen molar-refractivity contribution in [2.45, 2.75) is 19.4 Å². The molecule has 2 aromatic rings. The van der Waals surface area contributed by atoms with Gasteiger partial charge in [-0.1, -0.05) is 36.2 Å². The van der Waals surface area contributed by atoms with Crippen LogP contribution in [0.15, 0.2) is 42.1 Å². The number of amides is 1. The van der Waals surface area contributed by atoms with Gasteiger partial charge in [0.25, 0.3) is 11.7 Å². The number of aliphatic hydroxyl groups is 1. The molecule has 1 aliphatic rings. The average Bonchev–Trinajstić information content (AvgIpc) is 2.93. The highest BCUT2D eigenvalue weighted by Crippen LogP contribution is 2.42. The third kappa shape index (κ3) is 3.45. The van der Waals surface area contributed by atoms with E-state index in [1.54, 1.807) is 24.4 Å². The predicted octanol–water partition coefficient (Wildman–Crippen LogP) is 4.23. The minimum Gasteiger partial charge on any atom is -0.507 e. The van der Waals surface area contributed by atoms with Gasteiger partial charge in [-0.2, -0.15) is 0 Å². The lowest BCUT2D eigenvalue weighted by Gasteiger charge is -2.24. The topological polar surface area (TPSA) is 79.7 Å². The molecule has 1 N–H and O–H groups in total. The Bertz CT molecular complexity index is 960. The fraction of sp³-hybridized carbons (Fsp3) is 0.250. The molecular weight excluding hydrogens is 403 g/mol. The molecule has 8 heteroatoms. The number of ketones is 1. The summed E-state index contributed by atoms with van der Waals surface area (Å²) in [4.78, 5) is 31.2. The molecule has 1 amide bonds. The van der Waals surface area contributed by atoms with E-state index in [1.165, 1.54) is 24.1 Å². The van der Waals surface area contributed by atoms with Crippen molar-refractivity contribution in [1.29, 1.82) is 0 Å². The van der Waals surface area contributed by atoms with Gasteiger partial charge in [0.2, 0.25) is 0 Å². The third-order valence-corrected chi connectivity index (χ3v) is 4.94. The summed E-state index contributed by atoms with van der Waals surface area (Å²) in [6.07, 6.45) is 2.21. The summed E-state index contributed by atoms with van der Waals surface area (Å²) < 4.78 is 5.28. The van der Waals surface area contributed by atoms with Gasteiger partial charge in [-0.3, -0.25) is 14.6 Å². The van der Waals surface area contributed by atoms with Crippen LogP contribution in [0.3, 0.4) is 0 Å². The van der Waals surface area contributed by atoms with Crippen LogP contribution in [0.4, 0.5) is 0 Å². The van der Waals surface area contributed by atoms with Gasteiger partial charge in [0.05, 0.1) is 29.0 Å². The van der Waals surface area contributed by atoms with Crippen molar-refractivity contribution in [2.24, 2.45) is 0 Å². The molecule has 0 aliphatic carbocycles. The Hall–Kier alpha value is -2.57. The van der Waals surface area contributed by atoms with E-state index in [4.69, 9.17) is 27.9 Å². The maximum atomic E-state index is 12.8. The molecule has 0 spiro atoms. The molecule has 0 bridgehead atoms. The number of pyridine rings is 1. The highest BCUT2D eigenvalue weighted by Gasteiger charge is 2.46. The highest BCUT2D eigenvalue weighted by molar-refractivity contribution is 6.46. The monoisotopic (exact) mass is 420 g/mol. The Morgan fingerprint density at radius 1 is 1.29 bits per heavy atom.